The first-order valence-electron chi connectivity index (χ1n) is 11.2. The van der Waals surface area contributed by atoms with Gasteiger partial charge in [0.1, 0.15) is 0 Å². The van der Waals surface area contributed by atoms with Crippen LogP contribution in [-0.2, 0) is 0 Å². The second kappa shape index (κ2) is 9.65. The van der Waals surface area contributed by atoms with Gasteiger partial charge in [-0.3, -0.25) is 0 Å². The largest absolute Gasteiger partial charge is 0.351 e. The van der Waals surface area contributed by atoms with Crippen molar-refractivity contribution >= 4 is 34.5 Å². The minimum absolute atomic E-state index is 0.175. The molecule has 0 aliphatic carbocycles. The lowest BCUT2D eigenvalue weighted by molar-refractivity contribution is 0.390. The molecule has 0 spiro atoms. The molecule has 4 rings (SSSR count). The molecule has 33 heavy (non-hydrogen) atoms. The van der Waals surface area contributed by atoms with Crippen molar-refractivity contribution in [2.24, 2.45) is 5.92 Å². The molecule has 5 nitrogen and oxygen atoms in total. The van der Waals surface area contributed by atoms with E-state index in [4.69, 9.17) is 33.3 Å². The van der Waals surface area contributed by atoms with Crippen molar-refractivity contribution in [3.05, 3.63) is 75.8 Å². The summed E-state index contributed by atoms with van der Waals surface area (Å²) in [5, 5.41) is 9.19. The summed E-state index contributed by atoms with van der Waals surface area (Å²) >= 11 is 11.8. The fourth-order valence-electron chi connectivity index (χ4n) is 3.96. The first kappa shape index (κ1) is 23.5. The highest BCUT2D eigenvalue weighted by Gasteiger charge is 2.34. The van der Waals surface area contributed by atoms with E-state index in [2.05, 4.69) is 68.2 Å². The fourth-order valence-corrected chi connectivity index (χ4v) is 4.43. The normalized spacial score (nSPS) is 16.5. The Hall–Kier alpha value is -2.70. The molecular weight excluding hydrogens is 452 g/mol. The molecule has 1 unspecified atom stereocenters. The standard InChI is InChI=1S/C26H29ClN4OS/c1-15(2)12-13-31-18(5)22(23(28-26(31)33)20-7-6-16(3)17(4)14-20)25-29-24(30-32-25)19-8-10-21(27)11-9-19/h6-11,14-15,23H,12-13H2,1-5H3,(H,28,33). The Kier molecular flexibility index (Phi) is 6.86. The number of rotatable bonds is 6. The molecule has 0 fully saturated rings. The highest BCUT2D eigenvalue weighted by Crippen LogP contribution is 2.38. The maximum absolute atomic E-state index is 6.04. The van der Waals surface area contributed by atoms with E-state index in [0.717, 1.165) is 40.5 Å². The summed E-state index contributed by atoms with van der Waals surface area (Å²) in [5.74, 6) is 1.59. The van der Waals surface area contributed by atoms with E-state index in [1.54, 1.807) is 0 Å². The van der Waals surface area contributed by atoms with Gasteiger partial charge in [-0.15, -0.1) is 0 Å². The smallest absolute Gasteiger partial charge is 0.258 e. The van der Waals surface area contributed by atoms with Crippen molar-refractivity contribution in [1.82, 2.24) is 20.4 Å². The van der Waals surface area contributed by atoms with Gasteiger partial charge in [0.2, 0.25) is 5.82 Å². The van der Waals surface area contributed by atoms with Gasteiger partial charge in [-0.25, -0.2) is 0 Å². The van der Waals surface area contributed by atoms with Crippen LogP contribution in [0.1, 0.15) is 55.8 Å². The molecule has 0 radical (unpaired) electrons. The Labute approximate surface area is 205 Å². The number of aryl methyl sites for hydroxylation is 2. The van der Waals surface area contributed by atoms with E-state index >= 15 is 0 Å². The summed E-state index contributed by atoms with van der Waals surface area (Å²) < 4.78 is 5.81. The van der Waals surface area contributed by atoms with Crippen LogP contribution in [0.5, 0.6) is 0 Å². The molecule has 0 saturated carbocycles. The van der Waals surface area contributed by atoms with Gasteiger partial charge in [-0.1, -0.05) is 48.8 Å². The van der Waals surface area contributed by atoms with Crippen LogP contribution in [0.2, 0.25) is 5.02 Å². The molecule has 7 heteroatoms. The maximum Gasteiger partial charge on any atom is 0.258 e. The number of thiocarbonyl (C=S) groups is 1. The number of aromatic nitrogens is 2. The summed E-state index contributed by atoms with van der Waals surface area (Å²) in [7, 11) is 0. The summed E-state index contributed by atoms with van der Waals surface area (Å²) in [6, 6.07) is 13.7. The van der Waals surface area contributed by atoms with Crippen molar-refractivity contribution in [2.45, 2.75) is 47.1 Å². The molecule has 1 atom stereocenters. The van der Waals surface area contributed by atoms with Gasteiger partial charge in [0.15, 0.2) is 5.11 Å². The van der Waals surface area contributed by atoms with Crippen molar-refractivity contribution < 1.29 is 4.52 Å². The number of halogens is 1. The van der Waals surface area contributed by atoms with E-state index in [1.807, 2.05) is 24.3 Å². The molecular formula is C26H29ClN4OS. The van der Waals surface area contributed by atoms with Gasteiger partial charge < -0.3 is 14.7 Å². The Morgan fingerprint density at radius 2 is 1.82 bits per heavy atom. The number of allylic oxidation sites excluding steroid dienone is 1. The number of nitrogens with one attached hydrogen (secondary N) is 1. The van der Waals surface area contributed by atoms with Crippen LogP contribution < -0.4 is 5.32 Å². The van der Waals surface area contributed by atoms with Gasteiger partial charge in [-0.05, 0) is 86.3 Å². The van der Waals surface area contributed by atoms with Crippen LogP contribution in [0.25, 0.3) is 17.0 Å². The molecule has 0 saturated heterocycles. The van der Waals surface area contributed by atoms with Crippen LogP contribution in [0.3, 0.4) is 0 Å². The van der Waals surface area contributed by atoms with Crippen LogP contribution in [0.4, 0.5) is 0 Å². The van der Waals surface area contributed by atoms with E-state index in [0.29, 0.717) is 22.7 Å². The van der Waals surface area contributed by atoms with Gasteiger partial charge in [0.25, 0.3) is 5.89 Å². The zero-order valence-electron chi connectivity index (χ0n) is 19.6. The van der Waals surface area contributed by atoms with Crippen molar-refractivity contribution in [2.75, 3.05) is 6.54 Å². The van der Waals surface area contributed by atoms with Gasteiger partial charge >= 0.3 is 0 Å². The summed E-state index contributed by atoms with van der Waals surface area (Å²) in [5.41, 5.74) is 6.43. The molecule has 0 amide bonds. The van der Waals surface area contributed by atoms with Gasteiger partial charge in [0, 0.05) is 22.8 Å². The third-order valence-electron chi connectivity index (χ3n) is 6.15. The Bertz CT molecular complexity index is 1200. The van der Waals surface area contributed by atoms with Gasteiger partial charge in [0.05, 0.1) is 11.6 Å². The topological polar surface area (TPSA) is 54.2 Å². The van der Waals surface area contributed by atoms with E-state index in [9.17, 15) is 0 Å². The third-order valence-corrected chi connectivity index (χ3v) is 6.74. The predicted molar refractivity (Wildman–Crippen MR) is 138 cm³/mol. The molecule has 172 valence electrons. The molecule has 0 bridgehead atoms. The number of benzene rings is 2. The summed E-state index contributed by atoms with van der Waals surface area (Å²) in [6.45, 7) is 11.6. The molecule has 1 aliphatic rings. The summed E-state index contributed by atoms with van der Waals surface area (Å²) in [6.07, 6.45) is 1.03. The van der Waals surface area contributed by atoms with Crippen LogP contribution in [0.15, 0.2) is 52.7 Å². The number of hydrogen-bond acceptors (Lipinski definition) is 4. The highest BCUT2D eigenvalue weighted by molar-refractivity contribution is 7.80. The lowest BCUT2D eigenvalue weighted by Crippen LogP contribution is -2.46. The first-order valence-corrected chi connectivity index (χ1v) is 12.0. The molecule has 2 aromatic carbocycles. The zero-order chi connectivity index (χ0) is 23.7. The number of nitrogens with zero attached hydrogens (tertiary/aromatic N) is 3. The minimum Gasteiger partial charge on any atom is -0.351 e. The van der Waals surface area contributed by atoms with Crippen LogP contribution in [-0.4, -0.2) is 26.7 Å². The van der Waals surface area contributed by atoms with E-state index < -0.39 is 0 Å². The lowest BCUT2D eigenvalue weighted by atomic mass is 9.92. The lowest BCUT2D eigenvalue weighted by Gasteiger charge is -2.37. The van der Waals surface area contributed by atoms with E-state index in [-0.39, 0.29) is 6.04 Å². The highest BCUT2D eigenvalue weighted by atomic mass is 35.5. The molecule has 3 aromatic rings. The Balaban J connectivity index is 1.80. The number of hydrogen-bond donors (Lipinski definition) is 1. The molecule has 1 aliphatic heterocycles. The minimum atomic E-state index is -0.175. The second-order valence-electron chi connectivity index (χ2n) is 8.99. The molecule has 1 aromatic heterocycles. The second-order valence-corrected chi connectivity index (χ2v) is 9.81. The van der Waals surface area contributed by atoms with Crippen LogP contribution >= 0.6 is 23.8 Å². The molecule has 2 heterocycles. The Morgan fingerprint density at radius 3 is 2.48 bits per heavy atom. The van der Waals surface area contributed by atoms with Gasteiger partial charge in [-0.2, -0.15) is 4.98 Å². The predicted octanol–water partition coefficient (Wildman–Crippen LogP) is 6.72. The summed E-state index contributed by atoms with van der Waals surface area (Å²) in [4.78, 5) is 6.91. The van der Waals surface area contributed by atoms with Crippen molar-refractivity contribution in [3.63, 3.8) is 0 Å². The maximum atomic E-state index is 6.04. The van der Waals surface area contributed by atoms with Crippen LogP contribution in [0, 0.1) is 19.8 Å². The average Bonchev–Trinajstić information content (AvgIpc) is 3.25. The zero-order valence-corrected chi connectivity index (χ0v) is 21.2. The Morgan fingerprint density at radius 1 is 1.09 bits per heavy atom. The SMILES string of the molecule is CC1=C(c2nc(-c3ccc(Cl)cc3)no2)C(c2ccc(C)c(C)c2)NC(=S)N1CCC(C)C. The first-order chi connectivity index (χ1) is 15.7. The molecule has 1 N–H and O–H groups in total. The third kappa shape index (κ3) is 4.97. The monoisotopic (exact) mass is 480 g/mol. The quantitative estimate of drug-likeness (QED) is 0.395. The average molecular weight is 481 g/mol. The van der Waals surface area contributed by atoms with Crippen molar-refractivity contribution in [3.8, 4) is 11.4 Å². The van der Waals surface area contributed by atoms with E-state index in [1.165, 1.54) is 11.1 Å². The fraction of sp³-hybridized carbons (Fsp3) is 0.346. The van der Waals surface area contributed by atoms with Crippen molar-refractivity contribution in [1.29, 1.82) is 0 Å².